The molecule has 1 aromatic carbocycles. The lowest BCUT2D eigenvalue weighted by molar-refractivity contribution is 1.33. The predicted octanol–water partition coefficient (Wildman–Crippen LogP) is 5.77. The Hall–Kier alpha value is -1.82. The van der Waals surface area contributed by atoms with Crippen molar-refractivity contribution in [3.8, 4) is 0 Å². The molecule has 0 heteroatoms. The summed E-state index contributed by atoms with van der Waals surface area (Å²) in [5.41, 5.74) is 11.2. The van der Waals surface area contributed by atoms with Crippen molar-refractivity contribution in [2.75, 3.05) is 0 Å². The van der Waals surface area contributed by atoms with Crippen LogP contribution >= 0.6 is 0 Å². The third-order valence-electron chi connectivity index (χ3n) is 4.32. The highest BCUT2D eigenvalue weighted by Crippen LogP contribution is 2.41. The van der Waals surface area contributed by atoms with Crippen LogP contribution in [0.25, 0.3) is 11.1 Å². The summed E-state index contributed by atoms with van der Waals surface area (Å²) < 4.78 is 0. The molecule has 0 amide bonds. The topological polar surface area (TPSA) is 0 Å². The highest BCUT2D eigenvalue weighted by molar-refractivity contribution is 5.85. The molecule has 2 fully saturated rings. The largest absolute Gasteiger partial charge is 0.0984 e. The van der Waals surface area contributed by atoms with Crippen molar-refractivity contribution in [1.82, 2.24) is 0 Å². The van der Waals surface area contributed by atoms with Crippen LogP contribution < -0.4 is 0 Å². The van der Waals surface area contributed by atoms with Crippen LogP contribution in [0.4, 0.5) is 0 Å². The van der Waals surface area contributed by atoms with Gasteiger partial charge < -0.3 is 0 Å². The van der Waals surface area contributed by atoms with Crippen LogP contribution in [0, 0.1) is 13.8 Å². The van der Waals surface area contributed by atoms with E-state index < -0.39 is 0 Å². The number of rotatable bonds is 4. The summed E-state index contributed by atoms with van der Waals surface area (Å²) in [5.74, 6) is 0. The highest BCUT2D eigenvalue weighted by Gasteiger charge is 2.21. The lowest BCUT2D eigenvalue weighted by Crippen LogP contribution is -1.94. The third-order valence-corrected chi connectivity index (χ3v) is 4.32. The molecule has 0 N–H and O–H groups in total. The van der Waals surface area contributed by atoms with Gasteiger partial charge in [0.25, 0.3) is 0 Å². The van der Waals surface area contributed by atoms with E-state index in [1.165, 1.54) is 59.1 Å². The fourth-order valence-electron chi connectivity index (χ4n) is 2.95. The van der Waals surface area contributed by atoms with Crippen molar-refractivity contribution in [2.24, 2.45) is 0 Å². The first kappa shape index (κ1) is 13.2. The van der Waals surface area contributed by atoms with Crippen LogP contribution in [0.2, 0.25) is 0 Å². The second-order valence-electron chi connectivity index (χ2n) is 5.92. The van der Waals surface area contributed by atoms with Gasteiger partial charge >= 0.3 is 0 Å². The molecule has 20 heavy (non-hydrogen) atoms. The summed E-state index contributed by atoms with van der Waals surface area (Å²) in [4.78, 5) is 0. The molecule has 0 aromatic heterocycles. The van der Waals surface area contributed by atoms with Crippen LogP contribution in [-0.4, -0.2) is 0 Å². The number of benzene rings is 1. The Bertz CT molecular complexity index is 594. The van der Waals surface area contributed by atoms with E-state index in [1.807, 2.05) is 12.2 Å². The SMILES string of the molecule is C=CC(=C1CC1)c1cc(C)c(C(C=C)=C2CC2)cc1C. The summed E-state index contributed by atoms with van der Waals surface area (Å²) in [6.45, 7) is 12.4. The Kier molecular flexibility index (Phi) is 3.25. The first-order valence-electron chi connectivity index (χ1n) is 7.46. The molecule has 102 valence electrons. The summed E-state index contributed by atoms with van der Waals surface area (Å²) in [6, 6.07) is 4.67. The van der Waals surface area contributed by atoms with Crippen LogP contribution in [0.5, 0.6) is 0 Å². The van der Waals surface area contributed by atoms with Gasteiger partial charge in [0.2, 0.25) is 0 Å². The van der Waals surface area contributed by atoms with Gasteiger partial charge in [-0.1, -0.05) is 48.6 Å². The molecule has 0 unspecified atom stereocenters. The van der Waals surface area contributed by atoms with Crippen molar-refractivity contribution in [2.45, 2.75) is 39.5 Å². The number of allylic oxidation sites excluding steroid dienone is 6. The van der Waals surface area contributed by atoms with E-state index in [0.717, 1.165) is 0 Å². The van der Waals surface area contributed by atoms with Crippen molar-refractivity contribution < 1.29 is 0 Å². The van der Waals surface area contributed by atoms with E-state index in [-0.39, 0.29) is 0 Å². The number of hydrogen-bond donors (Lipinski definition) is 0. The maximum absolute atomic E-state index is 4.00. The molecule has 0 heterocycles. The van der Waals surface area contributed by atoms with Crippen molar-refractivity contribution in [3.05, 3.63) is 70.8 Å². The summed E-state index contributed by atoms with van der Waals surface area (Å²) >= 11 is 0. The molecular weight excluding hydrogens is 240 g/mol. The Balaban J connectivity index is 2.12. The van der Waals surface area contributed by atoms with Gasteiger partial charge in [0, 0.05) is 0 Å². The lowest BCUT2D eigenvalue weighted by Gasteiger charge is -2.14. The molecule has 3 rings (SSSR count). The summed E-state index contributed by atoms with van der Waals surface area (Å²) in [6.07, 6.45) is 9.01. The van der Waals surface area contributed by atoms with E-state index in [0.29, 0.717) is 0 Å². The third kappa shape index (κ3) is 2.31. The van der Waals surface area contributed by atoms with Gasteiger partial charge in [-0.25, -0.2) is 0 Å². The molecule has 0 nitrogen and oxygen atoms in total. The van der Waals surface area contributed by atoms with E-state index in [1.54, 1.807) is 11.1 Å². The zero-order chi connectivity index (χ0) is 14.3. The average molecular weight is 262 g/mol. The van der Waals surface area contributed by atoms with Crippen molar-refractivity contribution >= 4 is 11.1 Å². The summed E-state index contributed by atoms with van der Waals surface area (Å²) in [7, 11) is 0. The zero-order valence-electron chi connectivity index (χ0n) is 12.6. The summed E-state index contributed by atoms with van der Waals surface area (Å²) in [5, 5.41) is 0. The standard InChI is InChI=1S/C20H22/c1-5-17(15-7-8-15)19-11-14(4)20(12-13(19)3)18(6-2)16-9-10-16/h5-6,11-12H,1-2,7-10H2,3-4H3. The van der Waals surface area contributed by atoms with Crippen molar-refractivity contribution in [3.63, 3.8) is 0 Å². The van der Waals surface area contributed by atoms with Crippen LogP contribution in [0.1, 0.15) is 47.9 Å². The second-order valence-corrected chi connectivity index (χ2v) is 5.92. The molecule has 1 aromatic rings. The van der Waals surface area contributed by atoms with E-state index >= 15 is 0 Å². The fraction of sp³-hybridized carbons (Fsp3) is 0.300. The van der Waals surface area contributed by atoms with Gasteiger partial charge in [-0.3, -0.25) is 0 Å². The predicted molar refractivity (Wildman–Crippen MR) is 88.6 cm³/mol. The van der Waals surface area contributed by atoms with Crippen LogP contribution in [0.3, 0.4) is 0 Å². The minimum Gasteiger partial charge on any atom is -0.0984 e. The van der Waals surface area contributed by atoms with Crippen LogP contribution in [-0.2, 0) is 0 Å². The number of aryl methyl sites for hydroxylation is 2. The van der Waals surface area contributed by atoms with Gasteiger partial charge in [-0.05, 0) is 72.9 Å². The molecule has 0 spiro atoms. The minimum absolute atomic E-state index is 1.24. The first-order valence-corrected chi connectivity index (χ1v) is 7.46. The Morgan fingerprint density at radius 1 is 0.800 bits per heavy atom. The van der Waals surface area contributed by atoms with E-state index in [9.17, 15) is 0 Å². The maximum Gasteiger partial charge on any atom is -0.0152 e. The molecule has 0 atom stereocenters. The highest BCUT2D eigenvalue weighted by atomic mass is 14.3. The lowest BCUT2D eigenvalue weighted by atomic mass is 9.91. The first-order chi connectivity index (χ1) is 9.65. The molecule has 2 aliphatic rings. The van der Waals surface area contributed by atoms with Gasteiger partial charge in [-0.15, -0.1) is 0 Å². The van der Waals surface area contributed by atoms with Crippen molar-refractivity contribution in [1.29, 1.82) is 0 Å². The van der Waals surface area contributed by atoms with Gasteiger partial charge in [-0.2, -0.15) is 0 Å². The smallest absolute Gasteiger partial charge is 0.0152 e. The normalized spacial score (nSPS) is 15.9. The average Bonchev–Trinajstić information content (AvgIpc) is 3.28. The Labute approximate surface area is 122 Å². The Morgan fingerprint density at radius 3 is 1.40 bits per heavy atom. The molecular formula is C20H22. The molecule has 0 bridgehead atoms. The van der Waals surface area contributed by atoms with E-state index in [4.69, 9.17) is 0 Å². The van der Waals surface area contributed by atoms with Gasteiger partial charge in [0.05, 0.1) is 0 Å². The zero-order valence-corrected chi connectivity index (χ0v) is 12.6. The molecule has 2 aliphatic carbocycles. The molecule has 0 radical (unpaired) electrons. The van der Waals surface area contributed by atoms with Gasteiger partial charge in [0.15, 0.2) is 0 Å². The van der Waals surface area contributed by atoms with Gasteiger partial charge in [0.1, 0.15) is 0 Å². The molecule has 0 saturated heterocycles. The van der Waals surface area contributed by atoms with E-state index in [2.05, 4.69) is 39.1 Å². The maximum atomic E-state index is 4.00. The Morgan fingerprint density at radius 2 is 1.15 bits per heavy atom. The molecule has 0 aliphatic heterocycles. The molecule has 2 saturated carbocycles. The number of hydrogen-bond acceptors (Lipinski definition) is 0. The quantitative estimate of drug-likeness (QED) is 0.646. The second kappa shape index (κ2) is 4.94. The minimum atomic E-state index is 1.24. The fourth-order valence-corrected chi connectivity index (χ4v) is 2.95. The monoisotopic (exact) mass is 262 g/mol. The van der Waals surface area contributed by atoms with Crippen LogP contribution in [0.15, 0.2) is 48.6 Å².